The van der Waals surface area contributed by atoms with Gasteiger partial charge in [0.15, 0.2) is 5.82 Å². The summed E-state index contributed by atoms with van der Waals surface area (Å²) in [6.07, 6.45) is 1.63. The zero-order valence-corrected chi connectivity index (χ0v) is 17.3. The fraction of sp³-hybridized carbons (Fsp3) is 0.238. The number of amides is 2. The maximum atomic E-state index is 11.5. The number of H-pyrrole nitrogens is 1. The maximum Gasteiger partial charge on any atom is 0.235 e. The SMILES string of the molecule is CNc1nc2[nH]c(-c3cccc(CN[C@@H](CC(N)=O)C(N)=O)c3)cc2c2c1ncn2C. The van der Waals surface area contributed by atoms with Crippen LogP contribution >= 0.6 is 0 Å². The minimum atomic E-state index is -0.809. The Morgan fingerprint density at radius 3 is 2.77 bits per heavy atom. The second-order valence-corrected chi connectivity index (χ2v) is 7.42. The number of nitrogens with one attached hydrogen (secondary N) is 3. The zero-order valence-electron chi connectivity index (χ0n) is 17.3. The molecule has 0 aliphatic rings. The van der Waals surface area contributed by atoms with Crippen molar-refractivity contribution in [3.05, 3.63) is 42.2 Å². The molecule has 160 valence electrons. The number of aromatic amines is 1. The van der Waals surface area contributed by atoms with Crippen molar-refractivity contribution in [1.82, 2.24) is 24.8 Å². The van der Waals surface area contributed by atoms with Gasteiger partial charge < -0.3 is 31.7 Å². The Labute approximate surface area is 178 Å². The molecule has 7 N–H and O–H groups in total. The summed E-state index contributed by atoms with van der Waals surface area (Å²) in [5.74, 6) is -0.489. The van der Waals surface area contributed by atoms with Crippen LogP contribution in [0, 0.1) is 0 Å². The molecule has 10 heteroatoms. The average Bonchev–Trinajstić information content (AvgIpc) is 3.33. The van der Waals surface area contributed by atoms with E-state index in [2.05, 4.69) is 31.7 Å². The Bertz CT molecular complexity index is 1290. The molecule has 10 nitrogen and oxygen atoms in total. The summed E-state index contributed by atoms with van der Waals surface area (Å²) < 4.78 is 1.97. The fourth-order valence-corrected chi connectivity index (χ4v) is 3.69. The van der Waals surface area contributed by atoms with Crippen molar-refractivity contribution in [2.45, 2.75) is 19.0 Å². The summed E-state index contributed by atoms with van der Waals surface area (Å²) in [7, 11) is 3.77. The standard InChI is InChI=1S/C21H24N8O2/c1-24-21-17-18(29(2)10-26-17)13-7-14(27-20(13)28-21)12-5-3-4-11(6-12)9-25-15(19(23)31)8-16(22)30/h3-7,10,15,25H,8-9H2,1-2H3,(H2,22,30)(H2,23,31)(H2,24,27,28)/t15-/m0/s1. The number of rotatable bonds is 8. The second-order valence-electron chi connectivity index (χ2n) is 7.42. The molecule has 0 saturated heterocycles. The zero-order chi connectivity index (χ0) is 22.1. The number of imidazole rings is 1. The summed E-state index contributed by atoms with van der Waals surface area (Å²) in [4.78, 5) is 35.2. The van der Waals surface area contributed by atoms with E-state index in [9.17, 15) is 9.59 Å². The van der Waals surface area contributed by atoms with Gasteiger partial charge in [-0.1, -0.05) is 18.2 Å². The number of benzene rings is 1. The lowest BCUT2D eigenvalue weighted by atomic mass is 10.1. The first-order chi connectivity index (χ1) is 14.9. The molecule has 0 spiro atoms. The normalized spacial score (nSPS) is 12.3. The molecular weight excluding hydrogens is 396 g/mol. The quantitative estimate of drug-likeness (QED) is 0.286. The highest BCUT2D eigenvalue weighted by Gasteiger charge is 2.18. The molecule has 0 aliphatic heterocycles. The third kappa shape index (κ3) is 3.92. The number of carbonyl (C=O) groups is 2. The van der Waals surface area contributed by atoms with Gasteiger partial charge in [0, 0.05) is 31.7 Å². The first-order valence-electron chi connectivity index (χ1n) is 9.79. The number of primary amides is 2. The Morgan fingerprint density at radius 1 is 1.26 bits per heavy atom. The van der Waals surface area contributed by atoms with Gasteiger partial charge in [-0.2, -0.15) is 0 Å². The third-order valence-corrected chi connectivity index (χ3v) is 5.21. The van der Waals surface area contributed by atoms with E-state index in [1.807, 2.05) is 42.9 Å². The van der Waals surface area contributed by atoms with Crippen LogP contribution in [0.25, 0.3) is 33.3 Å². The van der Waals surface area contributed by atoms with Gasteiger partial charge >= 0.3 is 0 Å². The monoisotopic (exact) mass is 420 g/mol. The van der Waals surface area contributed by atoms with E-state index >= 15 is 0 Å². The molecule has 3 heterocycles. The van der Waals surface area contributed by atoms with Gasteiger partial charge in [0.05, 0.1) is 24.3 Å². The van der Waals surface area contributed by atoms with Crippen LogP contribution in [-0.2, 0) is 23.2 Å². The van der Waals surface area contributed by atoms with Crippen molar-refractivity contribution >= 4 is 39.7 Å². The average molecular weight is 420 g/mol. The van der Waals surface area contributed by atoms with Gasteiger partial charge in [-0.25, -0.2) is 9.97 Å². The van der Waals surface area contributed by atoms with Gasteiger partial charge in [0.25, 0.3) is 0 Å². The molecule has 3 aromatic heterocycles. The van der Waals surface area contributed by atoms with Gasteiger partial charge in [-0.05, 0) is 23.3 Å². The first-order valence-corrected chi connectivity index (χ1v) is 9.79. The van der Waals surface area contributed by atoms with E-state index in [1.165, 1.54) is 0 Å². The topological polar surface area (TPSA) is 157 Å². The van der Waals surface area contributed by atoms with Gasteiger partial charge in [0.2, 0.25) is 11.8 Å². The highest BCUT2D eigenvalue weighted by atomic mass is 16.2. The smallest absolute Gasteiger partial charge is 0.235 e. The minimum absolute atomic E-state index is 0.142. The van der Waals surface area contributed by atoms with E-state index in [-0.39, 0.29) is 6.42 Å². The maximum absolute atomic E-state index is 11.5. The number of nitrogens with zero attached hydrogens (tertiary/aromatic N) is 3. The molecular formula is C21H24N8O2. The lowest BCUT2D eigenvalue weighted by molar-refractivity contribution is -0.125. The molecule has 0 bridgehead atoms. The summed E-state index contributed by atoms with van der Waals surface area (Å²) >= 11 is 0. The van der Waals surface area contributed by atoms with E-state index in [0.29, 0.717) is 12.4 Å². The number of fused-ring (bicyclic) bond motifs is 3. The summed E-state index contributed by atoms with van der Waals surface area (Å²) in [5.41, 5.74) is 15.9. The number of aromatic nitrogens is 4. The molecule has 4 aromatic rings. The second kappa shape index (κ2) is 8.07. The van der Waals surface area contributed by atoms with Crippen molar-refractivity contribution < 1.29 is 9.59 Å². The Balaban J connectivity index is 1.66. The van der Waals surface area contributed by atoms with E-state index in [4.69, 9.17) is 11.5 Å². The summed E-state index contributed by atoms with van der Waals surface area (Å²) in [6.45, 7) is 0.364. The van der Waals surface area contributed by atoms with Crippen LogP contribution in [0.4, 0.5) is 5.82 Å². The van der Waals surface area contributed by atoms with E-state index < -0.39 is 17.9 Å². The third-order valence-electron chi connectivity index (χ3n) is 5.21. The highest BCUT2D eigenvalue weighted by molar-refractivity contribution is 6.07. The molecule has 0 aliphatic carbocycles. The minimum Gasteiger partial charge on any atom is -0.371 e. The molecule has 2 amide bonds. The van der Waals surface area contributed by atoms with Crippen molar-refractivity contribution in [2.75, 3.05) is 12.4 Å². The Hall–Kier alpha value is -3.92. The largest absolute Gasteiger partial charge is 0.371 e. The molecule has 4 rings (SSSR count). The Morgan fingerprint density at radius 2 is 2.06 bits per heavy atom. The lowest BCUT2D eigenvalue weighted by Crippen LogP contribution is -2.43. The number of carbonyl (C=O) groups excluding carboxylic acids is 2. The van der Waals surface area contributed by atoms with Crippen LogP contribution in [0.5, 0.6) is 0 Å². The molecule has 1 aromatic carbocycles. The molecule has 0 fully saturated rings. The number of anilines is 1. The summed E-state index contributed by atoms with van der Waals surface area (Å²) in [6, 6.07) is 9.09. The fourth-order valence-electron chi connectivity index (χ4n) is 3.69. The van der Waals surface area contributed by atoms with Crippen molar-refractivity contribution in [3.8, 4) is 11.3 Å². The van der Waals surface area contributed by atoms with Crippen LogP contribution < -0.4 is 22.1 Å². The molecule has 1 atom stereocenters. The van der Waals surface area contributed by atoms with Gasteiger partial charge in [-0.3, -0.25) is 9.59 Å². The van der Waals surface area contributed by atoms with Crippen LogP contribution in [0.15, 0.2) is 36.7 Å². The van der Waals surface area contributed by atoms with Crippen LogP contribution in [0.2, 0.25) is 0 Å². The number of pyridine rings is 1. The molecule has 0 saturated carbocycles. The first kappa shape index (κ1) is 20.4. The van der Waals surface area contributed by atoms with Gasteiger partial charge in [0.1, 0.15) is 11.2 Å². The number of nitrogens with two attached hydrogens (primary N) is 2. The van der Waals surface area contributed by atoms with E-state index in [1.54, 1.807) is 6.33 Å². The highest BCUT2D eigenvalue weighted by Crippen LogP contribution is 2.31. The van der Waals surface area contributed by atoms with Crippen LogP contribution in [0.3, 0.4) is 0 Å². The van der Waals surface area contributed by atoms with Crippen molar-refractivity contribution in [1.29, 1.82) is 0 Å². The van der Waals surface area contributed by atoms with Crippen molar-refractivity contribution in [2.24, 2.45) is 18.5 Å². The molecule has 0 radical (unpaired) electrons. The summed E-state index contributed by atoms with van der Waals surface area (Å²) in [5, 5.41) is 7.07. The predicted molar refractivity (Wildman–Crippen MR) is 119 cm³/mol. The molecule has 0 unspecified atom stereocenters. The number of hydrogen-bond donors (Lipinski definition) is 5. The molecule has 31 heavy (non-hydrogen) atoms. The number of aryl methyl sites for hydroxylation is 1. The van der Waals surface area contributed by atoms with Crippen LogP contribution in [-0.4, -0.2) is 44.4 Å². The van der Waals surface area contributed by atoms with Crippen molar-refractivity contribution in [3.63, 3.8) is 0 Å². The van der Waals surface area contributed by atoms with Crippen LogP contribution in [0.1, 0.15) is 12.0 Å². The Kier molecular flexibility index (Phi) is 5.30. The predicted octanol–water partition coefficient (Wildman–Crippen LogP) is 0.977. The number of hydrogen-bond acceptors (Lipinski definition) is 6. The lowest BCUT2D eigenvalue weighted by Gasteiger charge is -2.14. The van der Waals surface area contributed by atoms with E-state index in [0.717, 1.165) is 38.9 Å². The van der Waals surface area contributed by atoms with Gasteiger partial charge in [-0.15, -0.1) is 0 Å².